The Morgan fingerprint density at radius 1 is 1.53 bits per heavy atom. The third-order valence-corrected chi connectivity index (χ3v) is 3.26. The fourth-order valence-corrected chi connectivity index (χ4v) is 2.20. The summed E-state index contributed by atoms with van der Waals surface area (Å²) >= 11 is 1.55. The van der Waals surface area contributed by atoms with Crippen molar-refractivity contribution in [3.05, 3.63) is 38.2 Å². The lowest BCUT2D eigenvalue weighted by molar-refractivity contribution is -0.385. The van der Waals surface area contributed by atoms with E-state index >= 15 is 0 Å². The first-order chi connectivity index (χ1) is 9.11. The van der Waals surface area contributed by atoms with E-state index in [0.717, 1.165) is 4.88 Å². The van der Waals surface area contributed by atoms with E-state index in [1.165, 1.54) is 6.92 Å². The Bertz CT molecular complexity index is 586. The van der Waals surface area contributed by atoms with Gasteiger partial charge in [-0.15, -0.1) is 11.3 Å². The number of hydrogen-bond acceptors (Lipinski definition) is 8. The highest BCUT2D eigenvalue weighted by molar-refractivity contribution is 7.09. The molecule has 100 valence electrons. The third-order valence-electron chi connectivity index (χ3n) is 2.38. The van der Waals surface area contributed by atoms with E-state index in [-0.39, 0.29) is 23.1 Å². The molecule has 4 N–H and O–H groups in total. The van der Waals surface area contributed by atoms with Crippen LogP contribution in [0.15, 0.2) is 17.5 Å². The van der Waals surface area contributed by atoms with Gasteiger partial charge in [0.15, 0.2) is 0 Å². The van der Waals surface area contributed by atoms with Gasteiger partial charge in [0.25, 0.3) is 0 Å². The topological polar surface area (TPSA) is 119 Å². The highest BCUT2D eigenvalue weighted by Gasteiger charge is 2.21. The van der Waals surface area contributed by atoms with Gasteiger partial charge >= 0.3 is 5.69 Å². The van der Waals surface area contributed by atoms with Gasteiger partial charge < -0.3 is 5.32 Å². The zero-order valence-corrected chi connectivity index (χ0v) is 10.9. The maximum Gasteiger partial charge on any atom is 0.332 e. The van der Waals surface area contributed by atoms with Crippen LogP contribution >= 0.6 is 11.3 Å². The fourth-order valence-electron chi connectivity index (χ4n) is 1.56. The third kappa shape index (κ3) is 2.95. The summed E-state index contributed by atoms with van der Waals surface area (Å²) in [6, 6.07) is 3.84. The molecular formula is C10H12N6O2S. The van der Waals surface area contributed by atoms with E-state index in [9.17, 15) is 10.1 Å². The maximum atomic E-state index is 11.0. The number of hydrogen-bond donors (Lipinski definition) is 3. The molecule has 0 unspecified atom stereocenters. The number of nitrogens with zero attached hydrogens (tertiary/aromatic N) is 3. The molecule has 19 heavy (non-hydrogen) atoms. The van der Waals surface area contributed by atoms with Gasteiger partial charge in [-0.25, -0.2) is 10.8 Å². The van der Waals surface area contributed by atoms with E-state index in [4.69, 9.17) is 5.84 Å². The highest BCUT2D eigenvalue weighted by atomic mass is 32.1. The number of nitro groups is 1. The van der Waals surface area contributed by atoms with Crippen molar-refractivity contribution in [3.63, 3.8) is 0 Å². The van der Waals surface area contributed by atoms with Crippen LogP contribution in [0.1, 0.15) is 10.6 Å². The lowest BCUT2D eigenvalue weighted by Crippen LogP contribution is -2.14. The number of anilines is 2. The minimum Gasteiger partial charge on any atom is -0.359 e. The van der Waals surface area contributed by atoms with E-state index in [1.807, 2.05) is 17.5 Å². The molecule has 0 bridgehead atoms. The zero-order valence-electron chi connectivity index (χ0n) is 10.1. The molecule has 0 fully saturated rings. The van der Waals surface area contributed by atoms with Crippen LogP contribution in [0.25, 0.3) is 0 Å². The molecule has 0 spiro atoms. The lowest BCUT2D eigenvalue weighted by atomic mass is 10.3. The molecule has 9 heteroatoms. The largest absolute Gasteiger partial charge is 0.359 e. The van der Waals surface area contributed by atoms with E-state index < -0.39 is 4.92 Å². The van der Waals surface area contributed by atoms with Gasteiger partial charge in [-0.05, 0) is 18.4 Å². The second-order valence-electron chi connectivity index (χ2n) is 3.66. The van der Waals surface area contributed by atoms with Crippen molar-refractivity contribution in [1.29, 1.82) is 0 Å². The smallest absolute Gasteiger partial charge is 0.332 e. The summed E-state index contributed by atoms with van der Waals surface area (Å²) in [5, 5.41) is 15.9. The number of nitrogens with one attached hydrogen (secondary N) is 2. The Labute approximate surface area is 112 Å². The molecule has 0 aromatic carbocycles. The number of rotatable bonds is 5. The van der Waals surface area contributed by atoms with Gasteiger partial charge in [0.05, 0.1) is 11.5 Å². The number of aryl methyl sites for hydroxylation is 1. The van der Waals surface area contributed by atoms with Gasteiger partial charge in [0.1, 0.15) is 5.69 Å². The van der Waals surface area contributed by atoms with Crippen LogP contribution < -0.4 is 16.6 Å². The number of nitrogen functional groups attached to an aromatic ring is 1. The Balaban J connectivity index is 2.30. The van der Waals surface area contributed by atoms with Crippen LogP contribution in [-0.4, -0.2) is 14.9 Å². The summed E-state index contributed by atoms with van der Waals surface area (Å²) in [6.45, 7) is 2.00. The van der Waals surface area contributed by atoms with Crippen LogP contribution in [0, 0.1) is 17.0 Å². The van der Waals surface area contributed by atoms with Crippen LogP contribution in [0.4, 0.5) is 17.5 Å². The molecule has 0 aliphatic carbocycles. The average Bonchev–Trinajstić information content (AvgIpc) is 2.88. The summed E-state index contributed by atoms with van der Waals surface area (Å²) in [4.78, 5) is 19.5. The number of thiophene rings is 1. The normalized spacial score (nSPS) is 10.2. The van der Waals surface area contributed by atoms with E-state index in [0.29, 0.717) is 6.54 Å². The second kappa shape index (κ2) is 5.59. The molecule has 2 rings (SSSR count). The highest BCUT2D eigenvalue weighted by Crippen LogP contribution is 2.27. The number of nitrogens with two attached hydrogens (primary N) is 1. The van der Waals surface area contributed by atoms with Gasteiger partial charge in [0.2, 0.25) is 11.8 Å². The summed E-state index contributed by atoms with van der Waals surface area (Å²) in [5.74, 6) is 5.52. The molecule has 0 saturated heterocycles. The maximum absolute atomic E-state index is 11.0. The first-order valence-corrected chi connectivity index (χ1v) is 6.25. The van der Waals surface area contributed by atoms with Gasteiger partial charge in [-0.3, -0.25) is 15.5 Å². The minimum absolute atomic E-state index is 0.136. The van der Waals surface area contributed by atoms with Crippen molar-refractivity contribution in [1.82, 2.24) is 9.97 Å². The van der Waals surface area contributed by atoms with Crippen molar-refractivity contribution in [3.8, 4) is 0 Å². The number of aromatic nitrogens is 2. The first kappa shape index (κ1) is 13.2. The predicted molar refractivity (Wildman–Crippen MR) is 72.9 cm³/mol. The molecule has 2 aromatic rings. The standard InChI is InChI=1S/C10H12N6O2S/c1-6-8(16(17)18)9(14-10(13-6)15-11)12-5-7-3-2-4-19-7/h2-4H,5,11H2,1H3,(H2,12,13,14,15). The molecule has 8 nitrogen and oxygen atoms in total. The van der Waals surface area contributed by atoms with Crippen molar-refractivity contribution >= 4 is 28.8 Å². The monoisotopic (exact) mass is 280 g/mol. The molecule has 0 radical (unpaired) electrons. The van der Waals surface area contributed by atoms with Crippen LogP contribution in [0.2, 0.25) is 0 Å². The average molecular weight is 280 g/mol. The minimum atomic E-state index is -0.508. The second-order valence-corrected chi connectivity index (χ2v) is 4.70. The van der Waals surface area contributed by atoms with Crippen molar-refractivity contribution in [2.24, 2.45) is 5.84 Å². The first-order valence-electron chi connectivity index (χ1n) is 5.37. The van der Waals surface area contributed by atoms with Crippen molar-refractivity contribution < 1.29 is 4.92 Å². The molecule has 0 aliphatic heterocycles. The van der Waals surface area contributed by atoms with Crippen LogP contribution in [0.3, 0.4) is 0 Å². The molecule has 2 heterocycles. The lowest BCUT2D eigenvalue weighted by Gasteiger charge is -2.08. The zero-order chi connectivity index (χ0) is 13.8. The Morgan fingerprint density at radius 3 is 2.89 bits per heavy atom. The summed E-state index contributed by atoms with van der Waals surface area (Å²) < 4.78 is 0. The molecule has 0 amide bonds. The predicted octanol–water partition coefficient (Wildman–Crippen LogP) is 1.65. The van der Waals surface area contributed by atoms with E-state index in [1.54, 1.807) is 11.3 Å². The molecule has 0 atom stereocenters. The summed E-state index contributed by atoms with van der Waals surface area (Å²) in [5.41, 5.74) is 2.39. The Hall–Kier alpha value is -2.26. The SMILES string of the molecule is Cc1nc(NN)nc(NCc2cccs2)c1[N+](=O)[O-]. The molecule has 2 aromatic heterocycles. The Kier molecular flexibility index (Phi) is 3.88. The van der Waals surface area contributed by atoms with Crippen molar-refractivity contribution in [2.75, 3.05) is 10.7 Å². The van der Waals surface area contributed by atoms with Crippen LogP contribution in [-0.2, 0) is 6.54 Å². The molecule has 0 saturated carbocycles. The van der Waals surface area contributed by atoms with E-state index in [2.05, 4.69) is 20.7 Å². The summed E-state index contributed by atoms with van der Waals surface area (Å²) in [7, 11) is 0. The van der Waals surface area contributed by atoms with Crippen molar-refractivity contribution in [2.45, 2.75) is 13.5 Å². The quantitative estimate of drug-likeness (QED) is 0.433. The number of hydrazine groups is 1. The summed E-state index contributed by atoms with van der Waals surface area (Å²) in [6.07, 6.45) is 0. The fraction of sp³-hybridized carbons (Fsp3) is 0.200. The van der Waals surface area contributed by atoms with Gasteiger partial charge in [0, 0.05) is 4.88 Å². The molecule has 0 aliphatic rings. The van der Waals surface area contributed by atoms with Gasteiger partial charge in [-0.1, -0.05) is 6.07 Å². The Morgan fingerprint density at radius 2 is 2.32 bits per heavy atom. The van der Waals surface area contributed by atoms with Crippen LogP contribution in [0.5, 0.6) is 0 Å². The van der Waals surface area contributed by atoms with Gasteiger partial charge in [-0.2, -0.15) is 4.98 Å². The molecular weight excluding hydrogens is 268 g/mol.